The predicted molar refractivity (Wildman–Crippen MR) is 120 cm³/mol. The normalized spacial score (nSPS) is 20.2. The summed E-state index contributed by atoms with van der Waals surface area (Å²) in [6.07, 6.45) is 7.37. The highest BCUT2D eigenvalue weighted by Gasteiger charge is 2.41. The molecule has 1 amide bonds. The third-order valence-corrected chi connectivity index (χ3v) is 6.75. The Balaban J connectivity index is 1.53. The number of carbonyl (C=O) groups is 2. The summed E-state index contributed by atoms with van der Waals surface area (Å²) < 4.78 is 5.73. The van der Waals surface area contributed by atoms with Gasteiger partial charge < -0.3 is 25.0 Å². The van der Waals surface area contributed by atoms with Gasteiger partial charge in [-0.2, -0.15) is 4.98 Å². The molecule has 1 saturated carbocycles. The lowest BCUT2D eigenvalue weighted by atomic mass is 10.0. The van der Waals surface area contributed by atoms with Gasteiger partial charge in [0.2, 0.25) is 11.9 Å². The summed E-state index contributed by atoms with van der Waals surface area (Å²) in [6.45, 7) is 2.48. The maximum Gasteiger partial charge on any atom is 0.336 e. The fourth-order valence-corrected chi connectivity index (χ4v) is 5.16. The minimum absolute atomic E-state index is 0.0756. The minimum atomic E-state index is -0.964. The molecule has 0 unspecified atom stereocenters. The van der Waals surface area contributed by atoms with Crippen LogP contribution in [0.3, 0.4) is 0 Å². The molecule has 0 bridgehead atoms. The number of nitrogens with zero attached hydrogens (tertiary/aromatic N) is 4. The number of aromatic carboxylic acids is 1. The largest absolute Gasteiger partial charge is 0.491 e. The van der Waals surface area contributed by atoms with Gasteiger partial charge in [0.05, 0.1) is 24.1 Å². The number of hydrogen-bond acceptors (Lipinski definition) is 7. The second-order valence-corrected chi connectivity index (χ2v) is 8.57. The van der Waals surface area contributed by atoms with Gasteiger partial charge in [0.25, 0.3) is 0 Å². The number of ether oxygens (including phenoxy) is 1. The molecule has 168 valence electrons. The summed E-state index contributed by atoms with van der Waals surface area (Å²) in [5.74, 6) is 0.811. The summed E-state index contributed by atoms with van der Waals surface area (Å²) in [5.41, 5.74) is 2.29. The lowest BCUT2D eigenvalue weighted by molar-refractivity contribution is -0.120. The van der Waals surface area contributed by atoms with Gasteiger partial charge in [-0.1, -0.05) is 19.8 Å². The van der Waals surface area contributed by atoms with Crippen LogP contribution in [-0.2, 0) is 11.2 Å². The van der Waals surface area contributed by atoms with E-state index in [-0.39, 0.29) is 17.5 Å². The number of anilines is 4. The van der Waals surface area contributed by atoms with Crippen LogP contribution in [0.1, 0.15) is 54.9 Å². The van der Waals surface area contributed by atoms with Gasteiger partial charge >= 0.3 is 5.97 Å². The molecule has 32 heavy (non-hydrogen) atoms. The maximum atomic E-state index is 13.0. The van der Waals surface area contributed by atoms with E-state index in [9.17, 15) is 14.7 Å². The minimum Gasteiger partial charge on any atom is -0.491 e. The van der Waals surface area contributed by atoms with Gasteiger partial charge in [-0.3, -0.25) is 4.79 Å². The molecule has 1 aromatic carbocycles. The number of nitrogens with one attached hydrogen (secondary N) is 1. The molecule has 1 aromatic heterocycles. The number of fused-ring (bicyclic) bond motifs is 2. The molecule has 9 heteroatoms. The van der Waals surface area contributed by atoms with Crippen molar-refractivity contribution in [3.05, 3.63) is 29.5 Å². The van der Waals surface area contributed by atoms with Gasteiger partial charge in [-0.05, 0) is 31.4 Å². The van der Waals surface area contributed by atoms with Crippen molar-refractivity contribution >= 4 is 35.0 Å². The van der Waals surface area contributed by atoms with Gasteiger partial charge in [-0.25, -0.2) is 9.78 Å². The fourth-order valence-electron chi connectivity index (χ4n) is 5.16. The quantitative estimate of drug-likeness (QED) is 0.733. The second-order valence-electron chi connectivity index (χ2n) is 8.57. The molecule has 2 aliphatic heterocycles. The molecule has 1 fully saturated rings. The van der Waals surface area contributed by atoms with E-state index in [2.05, 4.69) is 15.2 Å². The number of amides is 1. The first-order valence-electron chi connectivity index (χ1n) is 11.2. The van der Waals surface area contributed by atoms with E-state index in [4.69, 9.17) is 9.72 Å². The third kappa shape index (κ3) is 3.23. The van der Waals surface area contributed by atoms with Gasteiger partial charge in [0.1, 0.15) is 17.5 Å². The average molecular weight is 438 g/mol. The van der Waals surface area contributed by atoms with E-state index in [1.165, 1.54) is 0 Å². The molecular weight excluding hydrogens is 410 g/mol. The number of aromatic nitrogens is 2. The molecule has 0 spiro atoms. The maximum absolute atomic E-state index is 13.0. The number of carboxylic acid groups (broad SMARTS) is 1. The van der Waals surface area contributed by atoms with Crippen LogP contribution in [0.25, 0.3) is 0 Å². The highest BCUT2D eigenvalue weighted by Crippen LogP contribution is 2.41. The van der Waals surface area contributed by atoms with Crippen molar-refractivity contribution in [1.82, 2.24) is 9.97 Å². The van der Waals surface area contributed by atoms with Crippen molar-refractivity contribution in [2.75, 3.05) is 28.8 Å². The fraction of sp³-hybridized carbons (Fsp3) is 0.478. The number of carbonyl (C=O) groups excluding carboxylic acids is 1. The van der Waals surface area contributed by atoms with Crippen LogP contribution in [-0.4, -0.2) is 52.7 Å². The molecule has 9 nitrogen and oxygen atoms in total. The van der Waals surface area contributed by atoms with Crippen LogP contribution in [0.4, 0.5) is 23.1 Å². The molecule has 3 aliphatic rings. The van der Waals surface area contributed by atoms with Crippen molar-refractivity contribution in [2.24, 2.45) is 0 Å². The van der Waals surface area contributed by atoms with E-state index in [0.717, 1.165) is 31.5 Å². The molecule has 1 aliphatic carbocycles. The second kappa shape index (κ2) is 7.96. The number of benzene rings is 1. The SMILES string of the molecule is CC[C@@H]1C(=O)N(C)c2cnc(Nc3ccc(C(=O)O)c4c3OCC4)nc2N1C1CCCC1. The van der Waals surface area contributed by atoms with Crippen LogP contribution in [0.15, 0.2) is 18.3 Å². The predicted octanol–water partition coefficient (Wildman–Crippen LogP) is 3.36. The van der Waals surface area contributed by atoms with E-state index in [1.54, 1.807) is 30.3 Å². The zero-order chi connectivity index (χ0) is 22.4. The molecule has 2 N–H and O–H groups in total. The highest BCUT2D eigenvalue weighted by molar-refractivity contribution is 6.04. The van der Waals surface area contributed by atoms with E-state index in [0.29, 0.717) is 54.1 Å². The van der Waals surface area contributed by atoms with Crippen molar-refractivity contribution < 1.29 is 19.4 Å². The first-order valence-corrected chi connectivity index (χ1v) is 11.2. The van der Waals surface area contributed by atoms with E-state index >= 15 is 0 Å². The number of carboxylic acids is 1. The highest BCUT2D eigenvalue weighted by atomic mass is 16.5. The lowest BCUT2D eigenvalue weighted by Gasteiger charge is -2.43. The lowest BCUT2D eigenvalue weighted by Crippen LogP contribution is -2.55. The third-order valence-electron chi connectivity index (χ3n) is 6.75. The Kier molecular flexibility index (Phi) is 5.11. The van der Waals surface area contributed by atoms with Gasteiger partial charge in [0, 0.05) is 25.1 Å². The van der Waals surface area contributed by atoms with Crippen molar-refractivity contribution in [1.29, 1.82) is 0 Å². The topological polar surface area (TPSA) is 108 Å². The first kappa shape index (κ1) is 20.5. The summed E-state index contributed by atoms with van der Waals surface area (Å²) in [7, 11) is 1.78. The average Bonchev–Trinajstić information content (AvgIpc) is 3.48. The Morgan fingerprint density at radius 1 is 1.31 bits per heavy atom. The monoisotopic (exact) mass is 437 g/mol. The van der Waals surface area contributed by atoms with Crippen molar-refractivity contribution in [3.8, 4) is 5.75 Å². The Morgan fingerprint density at radius 3 is 2.81 bits per heavy atom. The molecule has 5 rings (SSSR count). The number of hydrogen-bond donors (Lipinski definition) is 2. The Morgan fingerprint density at radius 2 is 2.09 bits per heavy atom. The standard InChI is InChI=1S/C23H27N5O4/c1-3-17-21(29)27(2)18-12-24-23(26-20(18)28(17)13-6-4-5-7-13)25-16-9-8-15(22(30)31)14-10-11-32-19(14)16/h8-9,12-13,17H,3-7,10-11H2,1-2H3,(H,30,31)(H,24,25,26)/t17-/m1/s1. The molecular formula is C23H27N5O4. The van der Waals surface area contributed by atoms with Crippen molar-refractivity contribution in [2.45, 2.75) is 57.5 Å². The smallest absolute Gasteiger partial charge is 0.336 e. The first-order chi connectivity index (χ1) is 15.5. The van der Waals surface area contributed by atoms with Crippen LogP contribution >= 0.6 is 0 Å². The molecule has 2 aromatic rings. The zero-order valence-corrected chi connectivity index (χ0v) is 18.3. The Bertz CT molecular complexity index is 1080. The van der Waals surface area contributed by atoms with Crippen molar-refractivity contribution in [3.63, 3.8) is 0 Å². The summed E-state index contributed by atoms with van der Waals surface area (Å²) in [5, 5.41) is 12.7. The zero-order valence-electron chi connectivity index (χ0n) is 18.3. The summed E-state index contributed by atoms with van der Waals surface area (Å²) >= 11 is 0. The number of likely N-dealkylation sites (N-methyl/N-ethyl adjacent to an activating group) is 1. The van der Waals surface area contributed by atoms with E-state index < -0.39 is 5.97 Å². The van der Waals surface area contributed by atoms with Crippen LogP contribution < -0.4 is 19.9 Å². The molecule has 1 atom stereocenters. The van der Waals surface area contributed by atoms with Gasteiger partial charge in [-0.15, -0.1) is 0 Å². The number of rotatable bonds is 5. The molecule has 3 heterocycles. The Labute approximate surface area is 186 Å². The van der Waals surface area contributed by atoms with Crippen LogP contribution in [0, 0.1) is 0 Å². The van der Waals surface area contributed by atoms with Crippen LogP contribution in [0.5, 0.6) is 5.75 Å². The van der Waals surface area contributed by atoms with Crippen LogP contribution in [0.2, 0.25) is 0 Å². The summed E-state index contributed by atoms with van der Waals surface area (Å²) in [4.78, 5) is 37.7. The van der Waals surface area contributed by atoms with E-state index in [1.807, 2.05) is 6.92 Å². The summed E-state index contributed by atoms with van der Waals surface area (Å²) in [6, 6.07) is 3.33. The van der Waals surface area contributed by atoms with Gasteiger partial charge in [0.15, 0.2) is 5.82 Å². The Hall–Kier alpha value is -3.36. The molecule has 0 saturated heterocycles. The molecule has 0 radical (unpaired) electrons.